The van der Waals surface area contributed by atoms with Gasteiger partial charge in [-0.3, -0.25) is 4.79 Å². The van der Waals surface area contributed by atoms with E-state index in [1.807, 2.05) is 42.6 Å². The number of hydrogen-bond donors (Lipinski definition) is 1. The van der Waals surface area contributed by atoms with Crippen LogP contribution in [-0.2, 0) is 11.2 Å². The Morgan fingerprint density at radius 2 is 2.10 bits per heavy atom. The maximum atomic E-state index is 12.0. The number of rotatable bonds is 4. The molecule has 1 amide bonds. The van der Waals surface area contributed by atoms with Crippen molar-refractivity contribution in [2.75, 3.05) is 13.2 Å². The van der Waals surface area contributed by atoms with Crippen molar-refractivity contribution in [3.05, 3.63) is 46.2 Å². The monoisotopic (exact) mass is 303 g/mol. The minimum atomic E-state index is -0.0618. The van der Waals surface area contributed by atoms with Crippen LogP contribution in [0.3, 0.4) is 0 Å². The Balaban J connectivity index is 1.64. The predicted octanol–water partition coefficient (Wildman–Crippen LogP) is 2.94. The average molecular weight is 303 g/mol. The highest BCUT2D eigenvalue weighted by Crippen LogP contribution is 2.32. The molecule has 1 N–H and O–H groups in total. The van der Waals surface area contributed by atoms with Crippen molar-refractivity contribution in [3.63, 3.8) is 0 Å². The van der Waals surface area contributed by atoms with Crippen LogP contribution in [0.5, 0.6) is 11.5 Å². The van der Waals surface area contributed by atoms with Crippen LogP contribution in [0, 0.1) is 0 Å². The standard InChI is InChI=1S/C16H17NO3S/c1-11(17-16(18)10-13-3-2-8-21-13)12-4-5-14-15(9-12)20-7-6-19-14/h2-5,8-9,11H,6-7,10H2,1H3,(H,17,18). The Morgan fingerprint density at radius 1 is 1.29 bits per heavy atom. The van der Waals surface area contributed by atoms with Gasteiger partial charge >= 0.3 is 0 Å². The highest BCUT2D eigenvalue weighted by atomic mass is 32.1. The zero-order valence-corrected chi connectivity index (χ0v) is 12.6. The van der Waals surface area contributed by atoms with Crippen molar-refractivity contribution in [2.24, 2.45) is 0 Å². The van der Waals surface area contributed by atoms with Gasteiger partial charge in [0.25, 0.3) is 0 Å². The summed E-state index contributed by atoms with van der Waals surface area (Å²) in [4.78, 5) is 13.1. The summed E-state index contributed by atoms with van der Waals surface area (Å²) in [5.74, 6) is 1.54. The Morgan fingerprint density at radius 3 is 2.86 bits per heavy atom. The molecule has 1 unspecified atom stereocenters. The van der Waals surface area contributed by atoms with E-state index >= 15 is 0 Å². The molecule has 3 rings (SSSR count). The summed E-state index contributed by atoms with van der Waals surface area (Å²) in [5.41, 5.74) is 1.01. The molecule has 110 valence electrons. The molecular weight excluding hydrogens is 286 g/mol. The van der Waals surface area contributed by atoms with Gasteiger partial charge in [-0.15, -0.1) is 11.3 Å². The van der Waals surface area contributed by atoms with Crippen molar-refractivity contribution in [3.8, 4) is 11.5 Å². The van der Waals surface area contributed by atoms with E-state index in [1.165, 1.54) is 0 Å². The van der Waals surface area contributed by atoms with Gasteiger partial charge < -0.3 is 14.8 Å². The smallest absolute Gasteiger partial charge is 0.225 e. The van der Waals surface area contributed by atoms with E-state index in [-0.39, 0.29) is 11.9 Å². The fraction of sp³-hybridized carbons (Fsp3) is 0.312. The largest absolute Gasteiger partial charge is 0.486 e. The van der Waals surface area contributed by atoms with Crippen LogP contribution >= 0.6 is 11.3 Å². The molecule has 0 saturated heterocycles. The zero-order valence-electron chi connectivity index (χ0n) is 11.8. The fourth-order valence-corrected chi connectivity index (χ4v) is 2.98. The van der Waals surface area contributed by atoms with E-state index in [0.717, 1.165) is 21.9 Å². The molecule has 21 heavy (non-hydrogen) atoms. The molecule has 1 atom stereocenters. The maximum Gasteiger partial charge on any atom is 0.225 e. The quantitative estimate of drug-likeness (QED) is 0.944. The molecule has 0 spiro atoms. The van der Waals surface area contributed by atoms with Crippen LogP contribution in [0.15, 0.2) is 35.7 Å². The number of carbonyl (C=O) groups is 1. The lowest BCUT2D eigenvalue weighted by Crippen LogP contribution is -2.28. The number of carbonyl (C=O) groups excluding carboxylic acids is 1. The van der Waals surface area contributed by atoms with Crippen molar-refractivity contribution < 1.29 is 14.3 Å². The molecule has 1 aliphatic rings. The minimum absolute atomic E-state index is 0.0276. The number of fused-ring (bicyclic) bond motifs is 1. The number of nitrogens with one attached hydrogen (secondary N) is 1. The first kappa shape index (κ1) is 13.9. The second-order valence-electron chi connectivity index (χ2n) is 4.95. The van der Waals surface area contributed by atoms with Crippen LogP contribution in [0.25, 0.3) is 0 Å². The summed E-state index contributed by atoms with van der Waals surface area (Å²) in [6.45, 7) is 3.12. The van der Waals surface area contributed by atoms with Crippen LogP contribution in [0.4, 0.5) is 0 Å². The maximum absolute atomic E-state index is 12.0. The molecule has 0 aliphatic carbocycles. The molecule has 4 nitrogen and oxygen atoms in total. The third-order valence-electron chi connectivity index (χ3n) is 3.36. The number of benzene rings is 1. The summed E-state index contributed by atoms with van der Waals surface area (Å²) < 4.78 is 11.1. The molecule has 0 radical (unpaired) electrons. The van der Waals surface area contributed by atoms with Crippen molar-refractivity contribution >= 4 is 17.2 Å². The molecule has 5 heteroatoms. The van der Waals surface area contributed by atoms with Crippen LogP contribution in [-0.4, -0.2) is 19.1 Å². The Hall–Kier alpha value is -2.01. The summed E-state index contributed by atoms with van der Waals surface area (Å²) in [5, 5.41) is 4.99. The topological polar surface area (TPSA) is 47.6 Å². The Kier molecular flexibility index (Phi) is 4.10. The molecule has 1 aromatic heterocycles. The lowest BCUT2D eigenvalue weighted by atomic mass is 10.1. The van der Waals surface area contributed by atoms with E-state index in [1.54, 1.807) is 11.3 Å². The fourth-order valence-electron chi connectivity index (χ4n) is 2.28. The third kappa shape index (κ3) is 3.36. The first-order valence-electron chi connectivity index (χ1n) is 6.93. The number of thiophene rings is 1. The molecule has 2 heterocycles. The number of hydrogen-bond acceptors (Lipinski definition) is 4. The average Bonchev–Trinajstić information content (AvgIpc) is 2.99. The first-order valence-corrected chi connectivity index (χ1v) is 7.81. The van der Waals surface area contributed by atoms with Crippen molar-refractivity contribution in [1.82, 2.24) is 5.32 Å². The Bertz CT molecular complexity index is 624. The third-order valence-corrected chi connectivity index (χ3v) is 4.24. The summed E-state index contributed by atoms with van der Waals surface area (Å²) in [6.07, 6.45) is 0.423. The predicted molar refractivity (Wildman–Crippen MR) is 82.0 cm³/mol. The first-order chi connectivity index (χ1) is 10.2. The van der Waals surface area contributed by atoms with E-state index in [2.05, 4.69) is 5.32 Å². The minimum Gasteiger partial charge on any atom is -0.486 e. The number of ether oxygens (including phenoxy) is 2. The van der Waals surface area contributed by atoms with E-state index in [0.29, 0.717) is 19.6 Å². The second kappa shape index (κ2) is 6.18. The van der Waals surface area contributed by atoms with Gasteiger partial charge in [-0.05, 0) is 36.1 Å². The summed E-state index contributed by atoms with van der Waals surface area (Å²) in [6, 6.07) is 9.66. The van der Waals surface area contributed by atoms with Gasteiger partial charge in [-0.1, -0.05) is 12.1 Å². The van der Waals surface area contributed by atoms with E-state index < -0.39 is 0 Å². The van der Waals surface area contributed by atoms with Gasteiger partial charge in [-0.2, -0.15) is 0 Å². The van der Waals surface area contributed by atoms with E-state index in [9.17, 15) is 4.79 Å². The van der Waals surface area contributed by atoms with Crippen molar-refractivity contribution in [2.45, 2.75) is 19.4 Å². The number of amides is 1. The van der Waals surface area contributed by atoms with Crippen molar-refractivity contribution in [1.29, 1.82) is 0 Å². The molecule has 1 aromatic carbocycles. The summed E-state index contributed by atoms with van der Waals surface area (Å²) in [7, 11) is 0. The highest BCUT2D eigenvalue weighted by molar-refractivity contribution is 7.10. The molecule has 0 saturated carbocycles. The molecule has 1 aliphatic heterocycles. The second-order valence-corrected chi connectivity index (χ2v) is 5.98. The van der Waals surface area contributed by atoms with Crippen LogP contribution in [0.1, 0.15) is 23.4 Å². The van der Waals surface area contributed by atoms with Gasteiger partial charge in [0, 0.05) is 4.88 Å². The molecular formula is C16H17NO3S. The van der Waals surface area contributed by atoms with Crippen LogP contribution < -0.4 is 14.8 Å². The van der Waals surface area contributed by atoms with Gasteiger partial charge in [-0.25, -0.2) is 0 Å². The van der Waals surface area contributed by atoms with Gasteiger partial charge in [0.2, 0.25) is 5.91 Å². The molecule has 0 fully saturated rings. The highest BCUT2D eigenvalue weighted by Gasteiger charge is 2.16. The normalized spacial score (nSPS) is 14.5. The Labute approximate surface area is 127 Å². The SMILES string of the molecule is CC(NC(=O)Cc1cccs1)c1ccc2c(c1)OCCO2. The van der Waals surface area contributed by atoms with E-state index in [4.69, 9.17) is 9.47 Å². The zero-order chi connectivity index (χ0) is 14.7. The lowest BCUT2D eigenvalue weighted by Gasteiger charge is -2.21. The van der Waals surface area contributed by atoms with Gasteiger partial charge in [0.1, 0.15) is 13.2 Å². The summed E-state index contributed by atoms with van der Waals surface area (Å²) >= 11 is 1.60. The molecule has 2 aromatic rings. The molecule has 0 bridgehead atoms. The van der Waals surface area contributed by atoms with Crippen LogP contribution in [0.2, 0.25) is 0 Å². The lowest BCUT2D eigenvalue weighted by molar-refractivity contribution is -0.121. The van der Waals surface area contributed by atoms with Gasteiger partial charge in [0.15, 0.2) is 11.5 Å². The van der Waals surface area contributed by atoms with Gasteiger partial charge in [0.05, 0.1) is 12.5 Å².